The molecule has 16 heavy (non-hydrogen) atoms. The quantitative estimate of drug-likeness (QED) is 0.834. The van der Waals surface area contributed by atoms with Gasteiger partial charge in [-0.05, 0) is 45.0 Å². The van der Waals surface area contributed by atoms with E-state index in [0.29, 0.717) is 12.5 Å². The van der Waals surface area contributed by atoms with E-state index in [1.165, 1.54) is 0 Å². The van der Waals surface area contributed by atoms with E-state index >= 15 is 0 Å². The normalized spacial score (nSPS) is 12.4. The lowest BCUT2D eigenvalue weighted by atomic mass is 10.2. The number of nitrogens with zero attached hydrogens (tertiary/aromatic N) is 2. The van der Waals surface area contributed by atoms with Gasteiger partial charge < -0.3 is 10.4 Å². The first-order valence-electron chi connectivity index (χ1n) is 4.67. The molecular weight excluding hydrogens is 337 g/mol. The lowest BCUT2D eigenvalue weighted by Crippen LogP contribution is -2.13. The van der Waals surface area contributed by atoms with Crippen LogP contribution in [0.15, 0.2) is 29.2 Å². The van der Waals surface area contributed by atoms with Crippen LogP contribution in [0.5, 0.6) is 0 Å². The van der Waals surface area contributed by atoms with E-state index < -0.39 is 6.10 Å². The molecule has 0 aromatic carbocycles. The summed E-state index contributed by atoms with van der Waals surface area (Å²) in [5.74, 6) is 0.537. The predicted octanol–water partition coefficient (Wildman–Crippen LogP) is 2.29. The highest BCUT2D eigenvalue weighted by Gasteiger charge is 2.07. The molecule has 0 bridgehead atoms. The minimum atomic E-state index is -0.519. The van der Waals surface area contributed by atoms with Crippen molar-refractivity contribution in [1.82, 2.24) is 9.97 Å². The zero-order valence-corrected chi connectivity index (χ0v) is 11.3. The number of anilines is 1. The van der Waals surface area contributed by atoms with Crippen molar-refractivity contribution in [2.24, 2.45) is 0 Å². The Hall–Kier alpha value is -0.730. The number of thiophene rings is 1. The second-order valence-corrected chi connectivity index (χ2v) is 5.20. The largest absolute Gasteiger partial charge is 0.387 e. The van der Waals surface area contributed by atoms with E-state index in [4.69, 9.17) is 0 Å². The second kappa shape index (κ2) is 5.55. The molecule has 2 heterocycles. The van der Waals surface area contributed by atoms with Gasteiger partial charge in [0, 0.05) is 22.5 Å². The van der Waals surface area contributed by atoms with Crippen molar-refractivity contribution in [2.45, 2.75) is 6.10 Å². The van der Waals surface area contributed by atoms with Crippen molar-refractivity contribution in [3.05, 3.63) is 38.4 Å². The maximum absolute atomic E-state index is 9.81. The lowest BCUT2D eigenvalue weighted by Gasteiger charge is -2.09. The molecule has 0 aliphatic rings. The smallest absolute Gasteiger partial charge is 0.222 e. The number of rotatable bonds is 4. The van der Waals surface area contributed by atoms with E-state index in [0.717, 1.165) is 9.13 Å². The molecule has 1 unspecified atom stereocenters. The summed E-state index contributed by atoms with van der Waals surface area (Å²) in [7, 11) is 0. The Bertz CT molecular complexity index is 432. The van der Waals surface area contributed by atoms with Crippen molar-refractivity contribution in [1.29, 1.82) is 0 Å². The van der Waals surface area contributed by atoms with Gasteiger partial charge in [0.25, 0.3) is 0 Å². The molecule has 2 aromatic rings. The van der Waals surface area contributed by atoms with Gasteiger partial charge in [-0.2, -0.15) is 11.3 Å². The van der Waals surface area contributed by atoms with Gasteiger partial charge in [0.2, 0.25) is 5.95 Å². The predicted molar refractivity (Wildman–Crippen MR) is 72.5 cm³/mol. The molecule has 2 N–H and O–H groups in total. The molecule has 0 aliphatic heterocycles. The number of aromatic nitrogens is 2. The topological polar surface area (TPSA) is 58.0 Å². The number of nitrogens with one attached hydrogen (secondary N) is 1. The Kier molecular flexibility index (Phi) is 4.08. The molecule has 0 spiro atoms. The Morgan fingerprint density at radius 1 is 1.44 bits per heavy atom. The van der Waals surface area contributed by atoms with Gasteiger partial charge in [0.1, 0.15) is 0 Å². The molecule has 2 aromatic heterocycles. The molecule has 84 valence electrons. The third-order valence-electron chi connectivity index (χ3n) is 2.00. The van der Waals surface area contributed by atoms with Crippen LogP contribution in [-0.4, -0.2) is 21.6 Å². The summed E-state index contributed by atoms with van der Waals surface area (Å²) < 4.78 is 0.988. The average molecular weight is 347 g/mol. The minimum absolute atomic E-state index is 0.414. The number of halogens is 1. The first-order valence-corrected chi connectivity index (χ1v) is 6.69. The zero-order chi connectivity index (χ0) is 11.4. The molecule has 4 nitrogen and oxygen atoms in total. The van der Waals surface area contributed by atoms with Crippen LogP contribution in [0.1, 0.15) is 11.7 Å². The maximum Gasteiger partial charge on any atom is 0.222 e. The molecule has 0 saturated carbocycles. The Morgan fingerprint density at radius 2 is 2.19 bits per heavy atom. The van der Waals surface area contributed by atoms with E-state index in [9.17, 15) is 5.11 Å². The third kappa shape index (κ3) is 3.13. The third-order valence-corrected chi connectivity index (χ3v) is 3.26. The summed E-state index contributed by atoms with van der Waals surface area (Å²) >= 11 is 3.72. The van der Waals surface area contributed by atoms with Crippen LogP contribution in [0.25, 0.3) is 0 Å². The van der Waals surface area contributed by atoms with E-state index in [2.05, 4.69) is 37.9 Å². The van der Waals surface area contributed by atoms with Crippen molar-refractivity contribution in [3.8, 4) is 0 Å². The fourth-order valence-corrected chi connectivity index (χ4v) is 2.16. The monoisotopic (exact) mass is 347 g/mol. The fourth-order valence-electron chi connectivity index (χ4n) is 1.17. The summed E-state index contributed by atoms with van der Waals surface area (Å²) in [4.78, 5) is 8.19. The van der Waals surface area contributed by atoms with Gasteiger partial charge in [-0.25, -0.2) is 9.97 Å². The zero-order valence-electron chi connectivity index (χ0n) is 8.30. The van der Waals surface area contributed by atoms with Crippen LogP contribution in [-0.2, 0) is 0 Å². The molecular formula is C10H10IN3OS. The Labute approximate surface area is 111 Å². The highest BCUT2D eigenvalue weighted by Crippen LogP contribution is 2.16. The molecule has 0 fully saturated rings. The fraction of sp³-hybridized carbons (Fsp3) is 0.200. The molecule has 6 heteroatoms. The molecule has 2 rings (SSSR count). The Balaban J connectivity index is 1.90. The first-order chi connectivity index (χ1) is 7.75. The van der Waals surface area contributed by atoms with Crippen LogP contribution in [0.2, 0.25) is 0 Å². The van der Waals surface area contributed by atoms with Gasteiger partial charge in [-0.1, -0.05) is 0 Å². The van der Waals surface area contributed by atoms with Gasteiger partial charge >= 0.3 is 0 Å². The van der Waals surface area contributed by atoms with Gasteiger partial charge in [0.15, 0.2) is 0 Å². The number of hydrogen-bond donors (Lipinski definition) is 2. The van der Waals surface area contributed by atoms with Gasteiger partial charge in [-0.15, -0.1) is 0 Å². The molecule has 0 amide bonds. The minimum Gasteiger partial charge on any atom is -0.387 e. The van der Waals surface area contributed by atoms with Crippen LogP contribution in [0, 0.1) is 3.57 Å². The molecule has 1 atom stereocenters. The summed E-state index contributed by atoms with van der Waals surface area (Å²) in [5.41, 5.74) is 0.919. The highest BCUT2D eigenvalue weighted by atomic mass is 127. The summed E-state index contributed by atoms with van der Waals surface area (Å²) in [6.07, 6.45) is 2.94. The molecule has 0 aliphatic carbocycles. The lowest BCUT2D eigenvalue weighted by molar-refractivity contribution is 0.192. The second-order valence-electron chi connectivity index (χ2n) is 3.18. The summed E-state index contributed by atoms with van der Waals surface area (Å²) in [6, 6.07) is 1.91. The van der Waals surface area contributed by atoms with Gasteiger partial charge in [0.05, 0.1) is 6.10 Å². The first kappa shape index (κ1) is 11.7. The molecule has 0 saturated heterocycles. The van der Waals surface area contributed by atoms with E-state index in [1.54, 1.807) is 23.7 Å². The van der Waals surface area contributed by atoms with Crippen molar-refractivity contribution >= 4 is 39.9 Å². The number of aliphatic hydroxyl groups excluding tert-OH is 1. The van der Waals surface area contributed by atoms with Crippen molar-refractivity contribution in [3.63, 3.8) is 0 Å². The standard InChI is InChI=1S/C10H10IN3OS/c11-8-3-12-10(13-4-8)14-5-9(15)7-1-2-16-6-7/h1-4,6,9,15H,5H2,(H,12,13,14). The van der Waals surface area contributed by atoms with Crippen LogP contribution < -0.4 is 5.32 Å². The Morgan fingerprint density at radius 3 is 2.81 bits per heavy atom. The summed E-state index contributed by atoms with van der Waals surface area (Å²) in [5, 5.41) is 16.7. The summed E-state index contributed by atoms with van der Waals surface area (Å²) in [6.45, 7) is 0.414. The van der Waals surface area contributed by atoms with Crippen molar-refractivity contribution < 1.29 is 5.11 Å². The van der Waals surface area contributed by atoms with E-state index in [1.807, 2.05) is 16.8 Å². The van der Waals surface area contributed by atoms with Gasteiger partial charge in [-0.3, -0.25) is 0 Å². The number of aliphatic hydroxyl groups is 1. The maximum atomic E-state index is 9.81. The molecule has 0 radical (unpaired) electrons. The average Bonchev–Trinajstić information content (AvgIpc) is 2.81. The van der Waals surface area contributed by atoms with Crippen molar-refractivity contribution in [2.75, 3.05) is 11.9 Å². The van der Waals surface area contributed by atoms with Crippen LogP contribution in [0.3, 0.4) is 0 Å². The highest BCUT2D eigenvalue weighted by molar-refractivity contribution is 14.1. The SMILES string of the molecule is OC(CNc1ncc(I)cn1)c1ccsc1. The number of hydrogen-bond acceptors (Lipinski definition) is 5. The van der Waals surface area contributed by atoms with Crippen LogP contribution in [0.4, 0.5) is 5.95 Å². The van der Waals surface area contributed by atoms with E-state index in [-0.39, 0.29) is 0 Å². The van der Waals surface area contributed by atoms with Crippen LogP contribution >= 0.6 is 33.9 Å².